The number of pyridine rings is 1. The Bertz CT molecular complexity index is 2430. The van der Waals surface area contributed by atoms with Crippen molar-refractivity contribution in [2.75, 3.05) is 0 Å². The lowest BCUT2D eigenvalue weighted by Crippen LogP contribution is -2.01. The van der Waals surface area contributed by atoms with E-state index in [1.54, 1.807) is 0 Å². The van der Waals surface area contributed by atoms with Gasteiger partial charge in [0, 0.05) is 27.1 Å². The summed E-state index contributed by atoms with van der Waals surface area (Å²) in [5.74, 6) is 0.914. The molecule has 2 heteroatoms. The molecule has 2 nitrogen and oxygen atoms in total. The molecule has 0 atom stereocenters. The Hall–Kier alpha value is -5.73. The Balaban J connectivity index is 1.53. The van der Waals surface area contributed by atoms with Crippen molar-refractivity contribution < 1.29 is 0 Å². The fourth-order valence-corrected chi connectivity index (χ4v) is 6.85. The molecule has 200 valence electrons. The number of aromatic nitrogens is 2. The van der Waals surface area contributed by atoms with Crippen LogP contribution in [0.1, 0.15) is 0 Å². The monoisotopic (exact) mass is 546 g/mol. The Morgan fingerprint density at radius 2 is 0.953 bits per heavy atom. The minimum Gasteiger partial charge on any atom is -0.292 e. The van der Waals surface area contributed by atoms with E-state index in [1.165, 1.54) is 59.7 Å². The topological polar surface area (TPSA) is 17.8 Å². The van der Waals surface area contributed by atoms with E-state index in [-0.39, 0.29) is 0 Å². The first-order valence-corrected chi connectivity index (χ1v) is 14.7. The van der Waals surface area contributed by atoms with Gasteiger partial charge in [0.25, 0.3) is 0 Å². The van der Waals surface area contributed by atoms with Gasteiger partial charge in [0.1, 0.15) is 5.82 Å². The zero-order valence-electron chi connectivity index (χ0n) is 23.4. The first-order chi connectivity index (χ1) is 21.3. The molecule has 0 aliphatic carbocycles. The average Bonchev–Trinajstić information content (AvgIpc) is 3.45. The first kappa shape index (κ1) is 23.9. The molecule has 0 aliphatic rings. The normalized spacial score (nSPS) is 11.7. The maximum atomic E-state index is 5.43. The van der Waals surface area contributed by atoms with E-state index in [0.717, 1.165) is 22.6 Å². The van der Waals surface area contributed by atoms with Crippen LogP contribution in [-0.2, 0) is 0 Å². The van der Waals surface area contributed by atoms with Crippen molar-refractivity contribution in [3.8, 4) is 28.2 Å². The molecule has 9 rings (SSSR count). The number of hydrogen-bond acceptors (Lipinski definition) is 1. The zero-order valence-corrected chi connectivity index (χ0v) is 23.4. The molecule has 9 aromatic rings. The van der Waals surface area contributed by atoms with Crippen LogP contribution in [0, 0.1) is 0 Å². The largest absolute Gasteiger partial charge is 0.292 e. The van der Waals surface area contributed by atoms with Crippen LogP contribution in [0.5, 0.6) is 0 Å². The summed E-state index contributed by atoms with van der Waals surface area (Å²) in [5, 5.41) is 9.96. The highest BCUT2D eigenvalue weighted by molar-refractivity contribution is 6.34. The summed E-state index contributed by atoms with van der Waals surface area (Å²) in [5.41, 5.74) is 6.75. The Kier molecular flexibility index (Phi) is 5.23. The molecule has 0 aliphatic heterocycles. The number of benzene rings is 7. The molecule has 2 aromatic heterocycles. The predicted octanol–water partition coefficient (Wildman–Crippen LogP) is 11.0. The van der Waals surface area contributed by atoms with Gasteiger partial charge in [0.05, 0.1) is 16.7 Å². The summed E-state index contributed by atoms with van der Waals surface area (Å²) in [6.07, 6.45) is 0. The highest BCUT2D eigenvalue weighted by Crippen LogP contribution is 2.44. The number of nitrogens with zero attached hydrogens (tertiary/aromatic N) is 2. The van der Waals surface area contributed by atoms with E-state index in [1.807, 2.05) is 0 Å². The predicted molar refractivity (Wildman–Crippen MR) is 182 cm³/mol. The zero-order chi connectivity index (χ0) is 28.3. The van der Waals surface area contributed by atoms with E-state index >= 15 is 0 Å². The molecule has 0 unspecified atom stereocenters. The number of hydrogen-bond donors (Lipinski definition) is 0. The second-order valence-corrected chi connectivity index (χ2v) is 11.2. The summed E-state index contributed by atoms with van der Waals surface area (Å²) < 4.78 is 2.43. The fraction of sp³-hybridized carbons (Fsp3) is 0. The third-order valence-corrected chi connectivity index (χ3v) is 8.74. The molecule has 0 spiro atoms. The van der Waals surface area contributed by atoms with Crippen molar-refractivity contribution in [1.29, 1.82) is 0 Å². The summed E-state index contributed by atoms with van der Waals surface area (Å²) in [4.78, 5) is 5.43. The molecule has 2 heterocycles. The van der Waals surface area contributed by atoms with Crippen LogP contribution in [0.3, 0.4) is 0 Å². The van der Waals surface area contributed by atoms with Crippen molar-refractivity contribution >= 4 is 54.1 Å². The van der Waals surface area contributed by atoms with Gasteiger partial charge in [-0.25, -0.2) is 4.98 Å². The van der Waals surface area contributed by atoms with Crippen molar-refractivity contribution in [2.45, 2.75) is 0 Å². The summed E-state index contributed by atoms with van der Waals surface area (Å²) in [7, 11) is 0. The Morgan fingerprint density at radius 1 is 0.372 bits per heavy atom. The van der Waals surface area contributed by atoms with Gasteiger partial charge in [-0.3, -0.25) is 4.57 Å². The van der Waals surface area contributed by atoms with Crippen LogP contribution in [0.4, 0.5) is 0 Å². The molecule has 0 radical (unpaired) electrons. The third-order valence-electron chi connectivity index (χ3n) is 8.74. The van der Waals surface area contributed by atoms with Crippen LogP contribution in [-0.4, -0.2) is 9.55 Å². The van der Waals surface area contributed by atoms with E-state index in [2.05, 4.69) is 162 Å². The van der Waals surface area contributed by atoms with Crippen LogP contribution in [0.2, 0.25) is 0 Å². The van der Waals surface area contributed by atoms with Crippen molar-refractivity contribution in [3.05, 3.63) is 158 Å². The minimum absolute atomic E-state index is 0.914. The van der Waals surface area contributed by atoms with Crippen LogP contribution >= 0.6 is 0 Å². The summed E-state index contributed by atoms with van der Waals surface area (Å²) >= 11 is 0. The van der Waals surface area contributed by atoms with Gasteiger partial charge in [0.15, 0.2) is 0 Å². The van der Waals surface area contributed by atoms with Gasteiger partial charge in [-0.15, -0.1) is 0 Å². The van der Waals surface area contributed by atoms with E-state index in [0.29, 0.717) is 0 Å². The molecule has 7 aromatic carbocycles. The van der Waals surface area contributed by atoms with Crippen LogP contribution in [0.25, 0.3) is 82.3 Å². The standard InChI is InChI=1S/C41H26N2/c1-3-13-27(14-4-1)30-25-37(29-16-5-2-6-17-29)42-38(26-30)43-40-31-18-8-7-15-28(31)23-24-36(40)39-34-21-11-9-19-32(34)33-20-10-12-22-35(33)41(39)43/h1-26H. The second kappa shape index (κ2) is 9.40. The SMILES string of the molecule is c1ccc(-c2cc(-c3ccccc3)nc(-n3c4c5ccccc5ccc4c4c5ccccc5c5ccccc5c43)c2)cc1. The molecular weight excluding hydrogens is 520 g/mol. The molecule has 0 fully saturated rings. The van der Waals surface area contributed by atoms with Gasteiger partial charge in [-0.05, 0) is 44.8 Å². The third kappa shape index (κ3) is 3.63. The number of rotatable bonds is 3. The molecule has 0 N–H and O–H groups in total. The van der Waals surface area contributed by atoms with Crippen molar-refractivity contribution in [1.82, 2.24) is 9.55 Å². The highest BCUT2D eigenvalue weighted by atomic mass is 15.1. The van der Waals surface area contributed by atoms with E-state index < -0.39 is 0 Å². The fourth-order valence-electron chi connectivity index (χ4n) is 6.85. The molecule has 0 amide bonds. The molecule has 43 heavy (non-hydrogen) atoms. The summed E-state index contributed by atoms with van der Waals surface area (Å²) in [6.45, 7) is 0. The molecule has 0 saturated heterocycles. The lowest BCUT2D eigenvalue weighted by molar-refractivity contribution is 1.09. The maximum absolute atomic E-state index is 5.43. The molecule has 0 saturated carbocycles. The molecule has 0 bridgehead atoms. The lowest BCUT2D eigenvalue weighted by atomic mass is 9.96. The van der Waals surface area contributed by atoms with Crippen molar-refractivity contribution in [2.24, 2.45) is 0 Å². The van der Waals surface area contributed by atoms with Crippen LogP contribution < -0.4 is 0 Å². The van der Waals surface area contributed by atoms with Gasteiger partial charge in [0.2, 0.25) is 0 Å². The number of fused-ring (bicyclic) bond motifs is 10. The molecular formula is C41H26N2. The van der Waals surface area contributed by atoms with E-state index in [9.17, 15) is 0 Å². The van der Waals surface area contributed by atoms with Gasteiger partial charge in [-0.1, -0.05) is 146 Å². The van der Waals surface area contributed by atoms with Gasteiger partial charge in [-0.2, -0.15) is 0 Å². The smallest absolute Gasteiger partial charge is 0.138 e. The van der Waals surface area contributed by atoms with Crippen LogP contribution in [0.15, 0.2) is 158 Å². The maximum Gasteiger partial charge on any atom is 0.138 e. The average molecular weight is 547 g/mol. The second-order valence-electron chi connectivity index (χ2n) is 11.2. The Labute approximate surface area is 249 Å². The van der Waals surface area contributed by atoms with Gasteiger partial charge < -0.3 is 0 Å². The van der Waals surface area contributed by atoms with Gasteiger partial charge >= 0.3 is 0 Å². The highest BCUT2D eigenvalue weighted by Gasteiger charge is 2.22. The first-order valence-electron chi connectivity index (χ1n) is 14.7. The van der Waals surface area contributed by atoms with E-state index in [4.69, 9.17) is 4.98 Å². The summed E-state index contributed by atoms with van der Waals surface area (Å²) in [6, 6.07) is 56.5. The quantitative estimate of drug-likeness (QED) is 0.202. The van der Waals surface area contributed by atoms with Crippen molar-refractivity contribution in [3.63, 3.8) is 0 Å². The Morgan fingerprint density at radius 3 is 1.70 bits per heavy atom. The lowest BCUT2D eigenvalue weighted by Gasteiger charge is -2.15. The minimum atomic E-state index is 0.914.